The van der Waals surface area contributed by atoms with Crippen LogP contribution in [0.15, 0.2) is 18.2 Å². The fourth-order valence-electron chi connectivity index (χ4n) is 1.41. The van der Waals surface area contributed by atoms with Crippen molar-refractivity contribution in [2.24, 2.45) is 0 Å². The Balaban J connectivity index is 2.29. The molecule has 0 saturated carbocycles. The highest BCUT2D eigenvalue weighted by atomic mass is 35.5. The lowest BCUT2D eigenvalue weighted by molar-refractivity contribution is 0.252. The highest BCUT2D eigenvalue weighted by molar-refractivity contribution is 6.31. The summed E-state index contributed by atoms with van der Waals surface area (Å²) < 4.78 is 0. The number of hydrogen-bond acceptors (Lipinski definition) is 2. The Labute approximate surface area is 113 Å². The largest absolute Gasteiger partial charge is 0.337 e. The molecule has 0 aromatic heterocycles. The molecule has 3 N–H and O–H groups in total. The maximum atomic E-state index is 11.5. The zero-order valence-corrected chi connectivity index (χ0v) is 11.6. The van der Waals surface area contributed by atoms with Crippen LogP contribution in [0.25, 0.3) is 0 Å². The number of anilines is 1. The highest BCUT2D eigenvalue weighted by Gasteiger charge is 2.02. The Hall–Kier alpha value is -1.26. The molecule has 1 rings (SSSR count). The van der Waals surface area contributed by atoms with Crippen molar-refractivity contribution in [2.75, 3.05) is 25.0 Å². The van der Waals surface area contributed by atoms with Crippen LogP contribution in [0.4, 0.5) is 10.5 Å². The first-order valence-electron chi connectivity index (χ1n) is 6.15. The van der Waals surface area contributed by atoms with Crippen LogP contribution >= 0.6 is 11.6 Å². The quantitative estimate of drug-likeness (QED) is 0.696. The first kappa shape index (κ1) is 14.8. The molecule has 0 saturated heterocycles. The predicted molar refractivity (Wildman–Crippen MR) is 76.4 cm³/mol. The minimum absolute atomic E-state index is 0.215. The summed E-state index contributed by atoms with van der Waals surface area (Å²) in [5, 5.41) is 9.36. The number of aryl methyl sites for hydroxylation is 1. The Morgan fingerprint density at radius 2 is 2.06 bits per heavy atom. The van der Waals surface area contributed by atoms with E-state index in [0.717, 1.165) is 25.1 Å². The third kappa shape index (κ3) is 5.38. The van der Waals surface area contributed by atoms with Crippen LogP contribution in [0.5, 0.6) is 0 Å². The normalized spacial score (nSPS) is 10.2. The van der Waals surface area contributed by atoms with E-state index in [2.05, 4.69) is 22.9 Å². The highest BCUT2D eigenvalue weighted by Crippen LogP contribution is 2.19. The summed E-state index contributed by atoms with van der Waals surface area (Å²) in [4.78, 5) is 11.5. The van der Waals surface area contributed by atoms with Gasteiger partial charge in [0.25, 0.3) is 0 Å². The molecule has 0 radical (unpaired) electrons. The number of halogens is 1. The third-order valence-corrected chi connectivity index (χ3v) is 2.85. The molecule has 18 heavy (non-hydrogen) atoms. The molecule has 0 spiro atoms. The zero-order chi connectivity index (χ0) is 13.4. The lowest BCUT2D eigenvalue weighted by atomic mass is 10.2. The summed E-state index contributed by atoms with van der Waals surface area (Å²) in [7, 11) is 0. The van der Waals surface area contributed by atoms with Crippen LogP contribution in [-0.2, 0) is 0 Å². The maximum absolute atomic E-state index is 11.5. The van der Waals surface area contributed by atoms with E-state index < -0.39 is 0 Å². The van der Waals surface area contributed by atoms with Crippen molar-refractivity contribution in [3.8, 4) is 0 Å². The van der Waals surface area contributed by atoms with E-state index >= 15 is 0 Å². The Morgan fingerprint density at radius 1 is 1.28 bits per heavy atom. The molecule has 0 heterocycles. The second kappa shape index (κ2) is 7.95. The van der Waals surface area contributed by atoms with Crippen LogP contribution < -0.4 is 16.0 Å². The first-order chi connectivity index (χ1) is 8.63. The van der Waals surface area contributed by atoms with E-state index in [1.807, 2.05) is 19.1 Å². The van der Waals surface area contributed by atoms with E-state index in [0.29, 0.717) is 17.3 Å². The van der Waals surface area contributed by atoms with Crippen LogP contribution in [0.2, 0.25) is 5.02 Å². The van der Waals surface area contributed by atoms with Gasteiger partial charge in [0.05, 0.1) is 0 Å². The van der Waals surface area contributed by atoms with Gasteiger partial charge in [-0.2, -0.15) is 0 Å². The Morgan fingerprint density at radius 3 is 2.72 bits per heavy atom. The Bertz CT molecular complexity index is 396. The van der Waals surface area contributed by atoms with Crippen molar-refractivity contribution in [3.63, 3.8) is 0 Å². The number of nitrogens with one attached hydrogen (secondary N) is 3. The standard InChI is InChI=1S/C13H20ClN3O/c1-3-6-15-7-8-16-13(18)17-11-5-4-10(2)12(14)9-11/h4-5,9,15H,3,6-8H2,1-2H3,(H2,16,17,18). The summed E-state index contributed by atoms with van der Waals surface area (Å²) in [6.07, 6.45) is 1.09. The third-order valence-electron chi connectivity index (χ3n) is 2.44. The summed E-state index contributed by atoms with van der Waals surface area (Å²) in [6.45, 7) is 6.37. The molecule has 100 valence electrons. The van der Waals surface area contributed by atoms with Crippen molar-refractivity contribution in [1.29, 1.82) is 0 Å². The number of amides is 2. The van der Waals surface area contributed by atoms with Crippen LogP contribution in [0, 0.1) is 6.92 Å². The average Bonchev–Trinajstić information content (AvgIpc) is 2.34. The molecular formula is C13H20ClN3O. The van der Waals surface area contributed by atoms with Crippen molar-refractivity contribution in [2.45, 2.75) is 20.3 Å². The lowest BCUT2D eigenvalue weighted by Crippen LogP contribution is -2.34. The number of urea groups is 1. The lowest BCUT2D eigenvalue weighted by Gasteiger charge is -2.09. The van der Waals surface area contributed by atoms with Gasteiger partial charge < -0.3 is 16.0 Å². The molecular weight excluding hydrogens is 250 g/mol. The smallest absolute Gasteiger partial charge is 0.319 e. The van der Waals surface area contributed by atoms with Crippen molar-refractivity contribution >= 4 is 23.3 Å². The van der Waals surface area contributed by atoms with E-state index in [4.69, 9.17) is 11.6 Å². The van der Waals surface area contributed by atoms with Crippen molar-refractivity contribution < 1.29 is 4.79 Å². The molecule has 0 unspecified atom stereocenters. The number of carbonyl (C=O) groups excluding carboxylic acids is 1. The fourth-order valence-corrected chi connectivity index (χ4v) is 1.59. The van der Waals surface area contributed by atoms with E-state index in [9.17, 15) is 4.79 Å². The molecule has 0 aliphatic carbocycles. The minimum atomic E-state index is -0.215. The SMILES string of the molecule is CCCNCCNC(=O)Nc1ccc(C)c(Cl)c1. The molecule has 5 heteroatoms. The van der Waals surface area contributed by atoms with Crippen LogP contribution in [0.1, 0.15) is 18.9 Å². The number of benzene rings is 1. The van der Waals surface area contributed by atoms with Gasteiger partial charge >= 0.3 is 6.03 Å². The van der Waals surface area contributed by atoms with Gasteiger partial charge in [-0.25, -0.2) is 4.79 Å². The minimum Gasteiger partial charge on any atom is -0.337 e. The van der Waals surface area contributed by atoms with Gasteiger partial charge in [0.2, 0.25) is 0 Å². The molecule has 0 aliphatic rings. The molecule has 4 nitrogen and oxygen atoms in total. The molecule has 1 aromatic rings. The molecule has 2 amide bonds. The summed E-state index contributed by atoms with van der Waals surface area (Å²) in [6, 6.07) is 5.23. The topological polar surface area (TPSA) is 53.2 Å². The predicted octanol–water partition coefficient (Wildman–Crippen LogP) is 2.77. The van der Waals surface area contributed by atoms with E-state index in [1.165, 1.54) is 0 Å². The number of carbonyl (C=O) groups is 1. The maximum Gasteiger partial charge on any atom is 0.319 e. The number of rotatable bonds is 6. The van der Waals surface area contributed by atoms with E-state index in [-0.39, 0.29) is 6.03 Å². The fraction of sp³-hybridized carbons (Fsp3) is 0.462. The number of hydrogen-bond donors (Lipinski definition) is 3. The van der Waals surface area contributed by atoms with Gasteiger partial charge in [0, 0.05) is 23.8 Å². The molecule has 0 aliphatic heterocycles. The average molecular weight is 270 g/mol. The second-order valence-electron chi connectivity index (χ2n) is 4.09. The summed E-state index contributed by atoms with van der Waals surface area (Å²) in [5.41, 5.74) is 1.69. The molecule has 1 aromatic carbocycles. The van der Waals surface area contributed by atoms with Gasteiger partial charge in [-0.1, -0.05) is 24.6 Å². The van der Waals surface area contributed by atoms with Gasteiger partial charge in [-0.05, 0) is 37.6 Å². The first-order valence-corrected chi connectivity index (χ1v) is 6.53. The van der Waals surface area contributed by atoms with E-state index in [1.54, 1.807) is 6.07 Å². The second-order valence-corrected chi connectivity index (χ2v) is 4.50. The Kier molecular flexibility index (Phi) is 6.54. The van der Waals surface area contributed by atoms with Gasteiger partial charge in [-0.3, -0.25) is 0 Å². The molecule has 0 atom stereocenters. The molecule has 0 fully saturated rings. The van der Waals surface area contributed by atoms with Crippen molar-refractivity contribution in [1.82, 2.24) is 10.6 Å². The van der Waals surface area contributed by atoms with Gasteiger partial charge in [-0.15, -0.1) is 0 Å². The van der Waals surface area contributed by atoms with Crippen molar-refractivity contribution in [3.05, 3.63) is 28.8 Å². The van der Waals surface area contributed by atoms with Gasteiger partial charge in [0.1, 0.15) is 0 Å². The van der Waals surface area contributed by atoms with Gasteiger partial charge in [0.15, 0.2) is 0 Å². The monoisotopic (exact) mass is 269 g/mol. The molecule has 0 bridgehead atoms. The summed E-state index contributed by atoms with van der Waals surface area (Å²) >= 11 is 5.98. The zero-order valence-electron chi connectivity index (χ0n) is 10.8. The summed E-state index contributed by atoms with van der Waals surface area (Å²) in [5.74, 6) is 0. The van der Waals surface area contributed by atoms with Crippen LogP contribution in [0.3, 0.4) is 0 Å². The van der Waals surface area contributed by atoms with Crippen LogP contribution in [-0.4, -0.2) is 25.7 Å².